The highest BCUT2D eigenvalue weighted by atomic mass is 127. The molecule has 0 radical (unpaired) electrons. The average molecular weight is 402 g/mol. The molecule has 2 rings (SSSR count). The van der Waals surface area contributed by atoms with Crippen molar-refractivity contribution >= 4 is 28.6 Å². The number of carbonyl (C=O) groups is 1. The van der Waals surface area contributed by atoms with E-state index in [1.54, 1.807) is 36.4 Å². The predicted octanol–water partition coefficient (Wildman–Crippen LogP) is 4.07. The van der Waals surface area contributed by atoms with Crippen molar-refractivity contribution in [3.8, 4) is 17.2 Å². The molecule has 2 aromatic rings. The molecule has 0 aliphatic carbocycles. The zero-order chi connectivity index (χ0) is 15.4. The molecule has 0 amide bonds. The van der Waals surface area contributed by atoms with Gasteiger partial charge < -0.3 is 14.6 Å². The molecule has 0 bridgehead atoms. The third-order valence-electron chi connectivity index (χ3n) is 2.61. The second kappa shape index (κ2) is 6.75. The molecule has 0 saturated heterocycles. The number of carboxylic acid groups (broad SMARTS) is 1. The lowest BCUT2D eigenvalue weighted by Crippen LogP contribution is -2.22. The van der Waals surface area contributed by atoms with E-state index in [-0.39, 0.29) is 5.75 Å². The SMILES string of the molecule is C[C@@H](Oc1ccc(Oc2ccc(I)cc2F)cc1)C(=O)O. The van der Waals surface area contributed by atoms with Crippen molar-refractivity contribution in [1.29, 1.82) is 0 Å². The van der Waals surface area contributed by atoms with Gasteiger partial charge in [-0.05, 0) is 72.0 Å². The number of ether oxygens (including phenoxy) is 2. The number of aliphatic carboxylic acids is 1. The molecule has 110 valence electrons. The van der Waals surface area contributed by atoms with Gasteiger partial charge in [0.1, 0.15) is 11.5 Å². The van der Waals surface area contributed by atoms with E-state index >= 15 is 0 Å². The Bertz CT molecular complexity index is 643. The van der Waals surface area contributed by atoms with Crippen molar-refractivity contribution in [2.24, 2.45) is 0 Å². The Morgan fingerprint density at radius 3 is 2.38 bits per heavy atom. The maximum Gasteiger partial charge on any atom is 0.344 e. The van der Waals surface area contributed by atoms with Crippen molar-refractivity contribution in [3.63, 3.8) is 0 Å². The van der Waals surface area contributed by atoms with E-state index in [1.807, 2.05) is 22.6 Å². The molecule has 0 unspecified atom stereocenters. The molecule has 0 saturated carbocycles. The van der Waals surface area contributed by atoms with Crippen LogP contribution in [0.25, 0.3) is 0 Å². The highest BCUT2D eigenvalue weighted by molar-refractivity contribution is 14.1. The Hall–Kier alpha value is -1.83. The molecule has 6 heteroatoms. The van der Waals surface area contributed by atoms with E-state index in [9.17, 15) is 9.18 Å². The van der Waals surface area contributed by atoms with Crippen LogP contribution in [0.1, 0.15) is 6.92 Å². The first-order valence-corrected chi connectivity index (χ1v) is 7.16. The van der Waals surface area contributed by atoms with Crippen molar-refractivity contribution in [3.05, 3.63) is 51.9 Å². The van der Waals surface area contributed by atoms with Gasteiger partial charge >= 0.3 is 5.97 Å². The minimum atomic E-state index is -1.05. The third-order valence-corrected chi connectivity index (χ3v) is 3.28. The van der Waals surface area contributed by atoms with Gasteiger partial charge in [0.05, 0.1) is 0 Å². The molecule has 4 nitrogen and oxygen atoms in total. The second-order valence-electron chi connectivity index (χ2n) is 4.25. The molecule has 0 aliphatic heterocycles. The van der Waals surface area contributed by atoms with Gasteiger partial charge in [-0.1, -0.05) is 0 Å². The zero-order valence-corrected chi connectivity index (χ0v) is 13.2. The normalized spacial score (nSPS) is 11.8. The van der Waals surface area contributed by atoms with Gasteiger partial charge in [0.25, 0.3) is 0 Å². The molecule has 0 spiro atoms. The summed E-state index contributed by atoms with van der Waals surface area (Å²) in [7, 11) is 0. The molecule has 1 N–H and O–H groups in total. The van der Waals surface area contributed by atoms with Crippen LogP contribution in [0.4, 0.5) is 4.39 Å². The van der Waals surface area contributed by atoms with Crippen LogP contribution >= 0.6 is 22.6 Å². The fourth-order valence-electron chi connectivity index (χ4n) is 1.53. The lowest BCUT2D eigenvalue weighted by molar-refractivity contribution is -0.144. The van der Waals surface area contributed by atoms with Gasteiger partial charge in [-0.2, -0.15) is 0 Å². The summed E-state index contributed by atoms with van der Waals surface area (Å²) >= 11 is 2.01. The standard InChI is InChI=1S/C15H12FIO4/c1-9(15(18)19)20-11-3-5-12(6-4-11)21-14-7-2-10(17)8-13(14)16/h2-9H,1H3,(H,18,19)/t9-/m1/s1. The summed E-state index contributed by atoms with van der Waals surface area (Å²) in [6, 6.07) is 11.0. The van der Waals surface area contributed by atoms with Crippen molar-refractivity contribution in [1.82, 2.24) is 0 Å². The molecular formula is C15H12FIO4. The quantitative estimate of drug-likeness (QED) is 0.767. The van der Waals surface area contributed by atoms with Crippen molar-refractivity contribution in [2.45, 2.75) is 13.0 Å². The van der Waals surface area contributed by atoms with Crippen molar-refractivity contribution < 1.29 is 23.8 Å². The summed E-state index contributed by atoms with van der Waals surface area (Å²) in [6.45, 7) is 1.44. The first-order valence-electron chi connectivity index (χ1n) is 6.08. The van der Waals surface area contributed by atoms with E-state index in [4.69, 9.17) is 14.6 Å². The lowest BCUT2D eigenvalue weighted by Gasteiger charge is -2.11. The molecule has 1 atom stereocenters. The van der Waals surface area contributed by atoms with Gasteiger partial charge in [-0.25, -0.2) is 9.18 Å². The van der Waals surface area contributed by atoms with E-state index < -0.39 is 17.9 Å². The van der Waals surface area contributed by atoms with Crippen LogP contribution < -0.4 is 9.47 Å². The zero-order valence-electron chi connectivity index (χ0n) is 11.0. The highest BCUT2D eigenvalue weighted by Crippen LogP contribution is 2.27. The summed E-state index contributed by atoms with van der Waals surface area (Å²) in [5.74, 6) is -0.522. The maximum atomic E-state index is 13.7. The van der Waals surface area contributed by atoms with Crippen LogP contribution in [0.2, 0.25) is 0 Å². The largest absolute Gasteiger partial charge is 0.479 e. The number of benzene rings is 2. The molecule has 21 heavy (non-hydrogen) atoms. The molecular weight excluding hydrogens is 390 g/mol. The first kappa shape index (κ1) is 15.6. The summed E-state index contributed by atoms with van der Waals surface area (Å²) in [6.07, 6.45) is -0.939. The Labute approximate surface area is 134 Å². The van der Waals surface area contributed by atoms with Gasteiger partial charge in [0.15, 0.2) is 17.7 Å². The third kappa shape index (κ3) is 4.32. The smallest absolute Gasteiger partial charge is 0.344 e. The van der Waals surface area contributed by atoms with E-state index in [2.05, 4.69) is 0 Å². The topological polar surface area (TPSA) is 55.8 Å². The Balaban J connectivity index is 2.07. The molecule has 0 aliphatic rings. The summed E-state index contributed by atoms with van der Waals surface area (Å²) in [4.78, 5) is 10.7. The van der Waals surface area contributed by atoms with Crippen LogP contribution in [0.5, 0.6) is 17.2 Å². The van der Waals surface area contributed by atoms with Gasteiger partial charge in [-0.15, -0.1) is 0 Å². The van der Waals surface area contributed by atoms with Crippen LogP contribution in [-0.4, -0.2) is 17.2 Å². The molecule has 2 aromatic carbocycles. The monoisotopic (exact) mass is 402 g/mol. The van der Waals surface area contributed by atoms with Gasteiger partial charge in [0, 0.05) is 3.57 Å². The lowest BCUT2D eigenvalue weighted by atomic mass is 10.3. The van der Waals surface area contributed by atoms with E-state index in [0.29, 0.717) is 11.5 Å². The van der Waals surface area contributed by atoms with Gasteiger partial charge in [-0.3, -0.25) is 0 Å². The van der Waals surface area contributed by atoms with Crippen molar-refractivity contribution in [2.75, 3.05) is 0 Å². The summed E-state index contributed by atoms with van der Waals surface area (Å²) in [5.41, 5.74) is 0. The fraction of sp³-hybridized carbons (Fsp3) is 0.133. The Morgan fingerprint density at radius 1 is 1.19 bits per heavy atom. The fourth-order valence-corrected chi connectivity index (χ4v) is 1.98. The van der Waals surface area contributed by atoms with Crippen LogP contribution in [0, 0.1) is 9.39 Å². The number of halogens is 2. The van der Waals surface area contributed by atoms with Crippen LogP contribution in [-0.2, 0) is 4.79 Å². The minimum Gasteiger partial charge on any atom is -0.479 e. The molecule has 0 fully saturated rings. The summed E-state index contributed by atoms with van der Waals surface area (Å²) < 4.78 is 25.0. The predicted molar refractivity (Wildman–Crippen MR) is 83.4 cm³/mol. The Morgan fingerprint density at radius 2 is 1.81 bits per heavy atom. The number of hydrogen-bond acceptors (Lipinski definition) is 3. The highest BCUT2D eigenvalue weighted by Gasteiger charge is 2.12. The maximum absolute atomic E-state index is 13.7. The second-order valence-corrected chi connectivity index (χ2v) is 5.49. The first-order chi connectivity index (χ1) is 9.95. The average Bonchev–Trinajstić information content (AvgIpc) is 2.43. The molecule has 0 heterocycles. The van der Waals surface area contributed by atoms with E-state index in [0.717, 1.165) is 3.57 Å². The summed E-state index contributed by atoms with van der Waals surface area (Å²) in [5, 5.41) is 8.75. The number of hydrogen-bond donors (Lipinski definition) is 1. The van der Waals surface area contributed by atoms with Crippen LogP contribution in [0.15, 0.2) is 42.5 Å². The van der Waals surface area contributed by atoms with Gasteiger partial charge in [0.2, 0.25) is 0 Å². The minimum absolute atomic E-state index is 0.128. The van der Waals surface area contributed by atoms with E-state index in [1.165, 1.54) is 13.0 Å². The number of rotatable bonds is 5. The molecule has 0 aromatic heterocycles. The Kier molecular flexibility index (Phi) is 5.00. The number of carboxylic acids is 1. The van der Waals surface area contributed by atoms with Crippen LogP contribution in [0.3, 0.4) is 0 Å².